The lowest BCUT2D eigenvalue weighted by Gasteiger charge is -2.09. The van der Waals surface area contributed by atoms with Gasteiger partial charge in [0.15, 0.2) is 6.29 Å². The first-order valence-electron chi connectivity index (χ1n) is 4.17. The SMILES string of the molecule is CCC=C(C)C1OCC(C)O1. The van der Waals surface area contributed by atoms with Gasteiger partial charge in [-0.1, -0.05) is 13.0 Å². The summed E-state index contributed by atoms with van der Waals surface area (Å²) in [5.41, 5.74) is 1.19. The van der Waals surface area contributed by atoms with Crippen LogP contribution < -0.4 is 0 Å². The minimum atomic E-state index is -0.0788. The quantitative estimate of drug-likeness (QED) is 0.570. The van der Waals surface area contributed by atoms with Gasteiger partial charge in [0, 0.05) is 0 Å². The Bertz CT molecular complexity index is 152. The van der Waals surface area contributed by atoms with Crippen LogP contribution in [0.3, 0.4) is 0 Å². The summed E-state index contributed by atoms with van der Waals surface area (Å²) < 4.78 is 10.9. The zero-order valence-corrected chi connectivity index (χ0v) is 7.46. The molecule has 0 spiro atoms. The fourth-order valence-electron chi connectivity index (χ4n) is 1.17. The van der Waals surface area contributed by atoms with Gasteiger partial charge in [0.1, 0.15) is 0 Å². The average Bonchev–Trinajstić information content (AvgIpc) is 2.36. The molecule has 0 saturated carbocycles. The van der Waals surface area contributed by atoms with Crippen molar-refractivity contribution in [2.24, 2.45) is 0 Å². The van der Waals surface area contributed by atoms with E-state index in [1.807, 2.05) is 13.8 Å². The van der Waals surface area contributed by atoms with Crippen LogP contribution in [0.2, 0.25) is 0 Å². The van der Waals surface area contributed by atoms with E-state index < -0.39 is 0 Å². The highest BCUT2D eigenvalue weighted by atomic mass is 16.7. The summed E-state index contributed by atoms with van der Waals surface area (Å²) in [5.74, 6) is 0. The number of rotatable bonds is 2. The van der Waals surface area contributed by atoms with Gasteiger partial charge in [0.2, 0.25) is 0 Å². The monoisotopic (exact) mass is 156 g/mol. The molecule has 0 aromatic carbocycles. The van der Waals surface area contributed by atoms with Gasteiger partial charge in [-0.05, 0) is 25.8 Å². The van der Waals surface area contributed by atoms with Crippen LogP contribution in [0.25, 0.3) is 0 Å². The third-order valence-corrected chi connectivity index (χ3v) is 1.74. The van der Waals surface area contributed by atoms with Gasteiger partial charge in [-0.3, -0.25) is 0 Å². The molecule has 2 atom stereocenters. The third-order valence-electron chi connectivity index (χ3n) is 1.74. The lowest BCUT2D eigenvalue weighted by atomic mass is 10.2. The molecule has 1 aliphatic heterocycles. The number of hydrogen-bond donors (Lipinski definition) is 0. The van der Waals surface area contributed by atoms with Gasteiger partial charge in [-0.2, -0.15) is 0 Å². The largest absolute Gasteiger partial charge is 0.346 e. The van der Waals surface area contributed by atoms with Gasteiger partial charge < -0.3 is 9.47 Å². The smallest absolute Gasteiger partial charge is 0.180 e. The highest BCUT2D eigenvalue weighted by Gasteiger charge is 2.22. The summed E-state index contributed by atoms with van der Waals surface area (Å²) in [6.45, 7) is 6.91. The second-order valence-electron chi connectivity index (χ2n) is 2.97. The maximum Gasteiger partial charge on any atom is 0.180 e. The van der Waals surface area contributed by atoms with E-state index in [9.17, 15) is 0 Å². The van der Waals surface area contributed by atoms with Gasteiger partial charge in [-0.25, -0.2) is 0 Å². The van der Waals surface area contributed by atoms with Crippen LogP contribution in [0.5, 0.6) is 0 Å². The van der Waals surface area contributed by atoms with Crippen molar-refractivity contribution in [1.29, 1.82) is 0 Å². The first-order valence-corrected chi connectivity index (χ1v) is 4.17. The van der Waals surface area contributed by atoms with Crippen LogP contribution in [-0.4, -0.2) is 19.0 Å². The Morgan fingerprint density at radius 1 is 1.64 bits per heavy atom. The highest BCUT2D eigenvalue weighted by molar-refractivity contribution is 5.02. The first-order chi connectivity index (χ1) is 5.24. The van der Waals surface area contributed by atoms with E-state index in [1.54, 1.807) is 0 Å². The number of allylic oxidation sites excluding steroid dienone is 1. The van der Waals surface area contributed by atoms with Crippen LogP contribution in [0.4, 0.5) is 0 Å². The predicted octanol–water partition coefficient (Wildman–Crippen LogP) is 2.10. The van der Waals surface area contributed by atoms with Crippen molar-refractivity contribution in [2.75, 3.05) is 6.61 Å². The molecule has 0 radical (unpaired) electrons. The maximum atomic E-state index is 5.49. The van der Waals surface area contributed by atoms with Gasteiger partial charge >= 0.3 is 0 Å². The van der Waals surface area contributed by atoms with Crippen molar-refractivity contribution >= 4 is 0 Å². The average molecular weight is 156 g/mol. The molecule has 1 aliphatic rings. The van der Waals surface area contributed by atoms with Crippen LogP contribution in [0.1, 0.15) is 27.2 Å². The standard InChI is InChI=1S/C9H16O2/c1-4-5-7(2)9-10-6-8(3)11-9/h5,8-9H,4,6H2,1-3H3. The Kier molecular flexibility index (Phi) is 3.09. The molecule has 1 rings (SSSR count). The summed E-state index contributed by atoms with van der Waals surface area (Å²) in [6, 6.07) is 0. The lowest BCUT2D eigenvalue weighted by Crippen LogP contribution is -2.10. The zero-order chi connectivity index (χ0) is 8.27. The van der Waals surface area contributed by atoms with Crippen molar-refractivity contribution in [1.82, 2.24) is 0 Å². The molecule has 1 saturated heterocycles. The fraction of sp³-hybridized carbons (Fsp3) is 0.778. The summed E-state index contributed by atoms with van der Waals surface area (Å²) in [6.07, 6.45) is 3.36. The van der Waals surface area contributed by atoms with Crippen LogP contribution in [0.15, 0.2) is 11.6 Å². The van der Waals surface area contributed by atoms with Gasteiger partial charge in [-0.15, -0.1) is 0 Å². The minimum absolute atomic E-state index is 0.0788. The molecule has 0 aliphatic carbocycles. The predicted molar refractivity (Wildman–Crippen MR) is 44.3 cm³/mol. The Labute approximate surface area is 68.2 Å². The maximum absolute atomic E-state index is 5.49. The van der Waals surface area contributed by atoms with E-state index in [4.69, 9.17) is 9.47 Å². The van der Waals surface area contributed by atoms with E-state index in [0.29, 0.717) is 0 Å². The summed E-state index contributed by atoms with van der Waals surface area (Å²) in [5, 5.41) is 0. The Morgan fingerprint density at radius 3 is 2.82 bits per heavy atom. The molecule has 11 heavy (non-hydrogen) atoms. The van der Waals surface area contributed by atoms with E-state index >= 15 is 0 Å². The zero-order valence-electron chi connectivity index (χ0n) is 7.46. The first kappa shape index (κ1) is 8.75. The summed E-state index contributed by atoms with van der Waals surface area (Å²) in [7, 11) is 0. The molecule has 1 heterocycles. The van der Waals surface area contributed by atoms with Crippen molar-refractivity contribution in [3.05, 3.63) is 11.6 Å². The third kappa shape index (κ3) is 2.31. The van der Waals surface area contributed by atoms with E-state index in [2.05, 4.69) is 13.0 Å². The molecule has 0 N–H and O–H groups in total. The second kappa shape index (κ2) is 3.88. The van der Waals surface area contributed by atoms with Crippen LogP contribution in [0, 0.1) is 0 Å². The Morgan fingerprint density at radius 2 is 2.36 bits per heavy atom. The van der Waals surface area contributed by atoms with Crippen LogP contribution >= 0.6 is 0 Å². The topological polar surface area (TPSA) is 18.5 Å². The van der Waals surface area contributed by atoms with Crippen molar-refractivity contribution in [3.63, 3.8) is 0 Å². The number of ether oxygens (including phenoxy) is 2. The van der Waals surface area contributed by atoms with Crippen molar-refractivity contribution in [2.45, 2.75) is 39.6 Å². The molecule has 1 fully saturated rings. The molecule has 0 aromatic rings. The Hall–Kier alpha value is -0.340. The van der Waals surface area contributed by atoms with Gasteiger partial charge in [0.25, 0.3) is 0 Å². The number of hydrogen-bond acceptors (Lipinski definition) is 2. The second-order valence-corrected chi connectivity index (χ2v) is 2.97. The van der Waals surface area contributed by atoms with E-state index in [1.165, 1.54) is 5.57 Å². The minimum Gasteiger partial charge on any atom is -0.346 e. The van der Waals surface area contributed by atoms with Crippen molar-refractivity contribution in [3.8, 4) is 0 Å². The molecule has 64 valence electrons. The normalized spacial score (nSPS) is 32.8. The van der Waals surface area contributed by atoms with Crippen molar-refractivity contribution < 1.29 is 9.47 Å². The summed E-state index contributed by atoms with van der Waals surface area (Å²) >= 11 is 0. The fourth-order valence-corrected chi connectivity index (χ4v) is 1.17. The molecule has 0 aromatic heterocycles. The summed E-state index contributed by atoms with van der Waals surface area (Å²) in [4.78, 5) is 0. The molecular weight excluding hydrogens is 140 g/mol. The van der Waals surface area contributed by atoms with Crippen LogP contribution in [-0.2, 0) is 9.47 Å². The molecular formula is C9H16O2. The molecule has 2 nitrogen and oxygen atoms in total. The highest BCUT2D eigenvalue weighted by Crippen LogP contribution is 2.17. The van der Waals surface area contributed by atoms with E-state index in [0.717, 1.165) is 13.0 Å². The molecule has 2 unspecified atom stereocenters. The molecule has 2 heteroatoms. The van der Waals surface area contributed by atoms with Gasteiger partial charge in [0.05, 0.1) is 12.7 Å². The molecule has 0 bridgehead atoms. The molecule has 0 amide bonds. The Balaban J connectivity index is 2.43. The lowest BCUT2D eigenvalue weighted by molar-refractivity contribution is -0.0252. The van der Waals surface area contributed by atoms with E-state index in [-0.39, 0.29) is 12.4 Å².